The summed E-state index contributed by atoms with van der Waals surface area (Å²) in [6.07, 6.45) is 1.77. The number of nitrogens with one attached hydrogen (secondary N) is 1. The van der Waals surface area contributed by atoms with Crippen molar-refractivity contribution in [1.82, 2.24) is 24.1 Å². The maximum Gasteiger partial charge on any atom is 0.332 e. The van der Waals surface area contributed by atoms with E-state index >= 15 is 0 Å². The molecule has 0 bridgehead atoms. The fourth-order valence-electron chi connectivity index (χ4n) is 3.75. The number of nitrogens with zero attached hydrogens (tertiary/aromatic N) is 5. The van der Waals surface area contributed by atoms with Gasteiger partial charge in [0.2, 0.25) is 5.95 Å². The topological polar surface area (TPSA) is 120 Å². The number of carbonyl (C=O) groups excluding carboxylic acids is 1. The summed E-state index contributed by atoms with van der Waals surface area (Å²) < 4.78 is 4.00. The molecule has 29 heavy (non-hydrogen) atoms. The zero-order chi connectivity index (χ0) is 20.7. The van der Waals surface area contributed by atoms with E-state index in [1.165, 1.54) is 10.1 Å². The Kier molecular flexibility index (Phi) is 4.71. The van der Waals surface area contributed by atoms with Gasteiger partial charge in [-0.1, -0.05) is 19.1 Å². The zero-order valence-corrected chi connectivity index (χ0v) is 16.4. The molecule has 0 spiro atoms. The summed E-state index contributed by atoms with van der Waals surface area (Å²) in [5, 5.41) is 0. The Balaban J connectivity index is 1.91. The number of hydrogen-bond donors (Lipinski definition) is 2. The lowest BCUT2D eigenvalue weighted by Gasteiger charge is -2.29. The van der Waals surface area contributed by atoms with Crippen molar-refractivity contribution >= 4 is 28.7 Å². The van der Waals surface area contributed by atoms with E-state index in [0.717, 1.165) is 29.6 Å². The Morgan fingerprint density at radius 3 is 2.59 bits per heavy atom. The normalized spacial score (nSPS) is 13.6. The number of hydrogen-bond acceptors (Lipinski definition) is 6. The third kappa shape index (κ3) is 3.01. The summed E-state index contributed by atoms with van der Waals surface area (Å²) >= 11 is 0. The summed E-state index contributed by atoms with van der Waals surface area (Å²) in [7, 11) is 1.54. The Labute approximate surface area is 166 Å². The number of imidazole rings is 1. The van der Waals surface area contributed by atoms with Gasteiger partial charge >= 0.3 is 5.69 Å². The second-order valence-corrected chi connectivity index (χ2v) is 7.06. The van der Waals surface area contributed by atoms with Gasteiger partial charge in [0.1, 0.15) is 6.54 Å². The van der Waals surface area contributed by atoms with Crippen LogP contribution >= 0.6 is 0 Å². The zero-order valence-electron chi connectivity index (χ0n) is 16.4. The fraction of sp³-hybridized carbons (Fsp3) is 0.368. The van der Waals surface area contributed by atoms with Gasteiger partial charge in [0.05, 0.1) is 0 Å². The average molecular weight is 397 g/mol. The smallest absolute Gasteiger partial charge is 0.312 e. The third-order valence-electron chi connectivity index (χ3n) is 5.34. The largest absolute Gasteiger partial charge is 0.332 e. The van der Waals surface area contributed by atoms with Gasteiger partial charge in [0.15, 0.2) is 11.2 Å². The lowest BCUT2D eigenvalue weighted by Crippen LogP contribution is -2.45. The first-order chi connectivity index (χ1) is 14.0. The highest BCUT2D eigenvalue weighted by Gasteiger charge is 2.27. The van der Waals surface area contributed by atoms with Crippen LogP contribution in [0.4, 0.5) is 11.6 Å². The van der Waals surface area contributed by atoms with Crippen LogP contribution in [0, 0.1) is 0 Å². The first-order valence-electron chi connectivity index (χ1n) is 9.52. The van der Waals surface area contributed by atoms with Gasteiger partial charge in [-0.2, -0.15) is 4.98 Å². The van der Waals surface area contributed by atoms with Crippen molar-refractivity contribution in [2.75, 3.05) is 11.4 Å². The number of carbonyl (C=O) groups is 1. The molecular formula is C19H23N7O3. The molecule has 0 saturated carbocycles. The number of hydrazine groups is 1. The SMILES string of the molecule is CCc1ccc(N2CCCn3c2nc2c3c(=O)n(CC(=O)NN)c(=O)n2C)cc1. The van der Waals surface area contributed by atoms with E-state index in [4.69, 9.17) is 5.84 Å². The van der Waals surface area contributed by atoms with Crippen molar-refractivity contribution in [2.45, 2.75) is 32.9 Å². The van der Waals surface area contributed by atoms with Crippen LogP contribution in [0.2, 0.25) is 0 Å². The molecule has 0 fully saturated rings. The first-order valence-corrected chi connectivity index (χ1v) is 9.52. The molecule has 1 aromatic carbocycles. The molecule has 10 nitrogen and oxygen atoms in total. The van der Waals surface area contributed by atoms with E-state index in [-0.39, 0.29) is 0 Å². The van der Waals surface area contributed by atoms with Crippen LogP contribution < -0.4 is 27.4 Å². The van der Waals surface area contributed by atoms with Gasteiger partial charge < -0.3 is 9.47 Å². The molecule has 10 heteroatoms. The molecule has 1 amide bonds. The van der Waals surface area contributed by atoms with Crippen molar-refractivity contribution in [1.29, 1.82) is 0 Å². The summed E-state index contributed by atoms with van der Waals surface area (Å²) in [5.74, 6) is 5.11. The van der Waals surface area contributed by atoms with Crippen LogP contribution in [0.5, 0.6) is 0 Å². The van der Waals surface area contributed by atoms with Crippen molar-refractivity contribution in [3.63, 3.8) is 0 Å². The maximum absolute atomic E-state index is 13.1. The van der Waals surface area contributed by atoms with Gasteiger partial charge in [-0.25, -0.2) is 15.2 Å². The third-order valence-corrected chi connectivity index (χ3v) is 5.34. The number of aryl methyl sites for hydroxylation is 3. The van der Waals surface area contributed by atoms with Crippen LogP contribution in [0.1, 0.15) is 18.9 Å². The molecule has 0 radical (unpaired) electrons. The van der Waals surface area contributed by atoms with E-state index in [1.54, 1.807) is 7.05 Å². The summed E-state index contributed by atoms with van der Waals surface area (Å²) in [6.45, 7) is 3.02. The molecule has 0 unspecified atom stereocenters. The minimum Gasteiger partial charge on any atom is -0.312 e. The van der Waals surface area contributed by atoms with Crippen molar-refractivity contribution in [3.05, 3.63) is 50.7 Å². The maximum atomic E-state index is 13.1. The van der Waals surface area contributed by atoms with Gasteiger partial charge in [-0.15, -0.1) is 0 Å². The van der Waals surface area contributed by atoms with Crippen molar-refractivity contribution in [2.24, 2.45) is 12.9 Å². The van der Waals surface area contributed by atoms with Crippen LogP contribution in [-0.4, -0.2) is 31.1 Å². The minimum absolute atomic E-state index is 0.302. The van der Waals surface area contributed by atoms with Gasteiger partial charge in [-0.05, 0) is 30.5 Å². The van der Waals surface area contributed by atoms with E-state index in [9.17, 15) is 14.4 Å². The fourth-order valence-corrected chi connectivity index (χ4v) is 3.75. The number of amides is 1. The number of rotatable bonds is 4. The molecule has 3 heterocycles. The molecule has 152 valence electrons. The highest BCUT2D eigenvalue weighted by molar-refractivity contribution is 5.78. The Morgan fingerprint density at radius 2 is 1.93 bits per heavy atom. The monoisotopic (exact) mass is 397 g/mol. The summed E-state index contributed by atoms with van der Waals surface area (Å²) in [6, 6.07) is 8.23. The molecule has 3 N–H and O–H groups in total. The predicted molar refractivity (Wildman–Crippen MR) is 109 cm³/mol. The molecule has 0 saturated heterocycles. The van der Waals surface area contributed by atoms with Crippen molar-refractivity contribution < 1.29 is 4.79 Å². The molecule has 0 aliphatic carbocycles. The van der Waals surface area contributed by atoms with Crippen LogP contribution in [0.3, 0.4) is 0 Å². The second-order valence-electron chi connectivity index (χ2n) is 7.06. The Morgan fingerprint density at radius 1 is 1.21 bits per heavy atom. The number of aromatic nitrogens is 4. The number of benzene rings is 1. The molecule has 4 rings (SSSR count). The first kappa shape index (κ1) is 18.9. The average Bonchev–Trinajstić information content (AvgIpc) is 3.15. The summed E-state index contributed by atoms with van der Waals surface area (Å²) in [5.41, 5.74) is 3.62. The van der Waals surface area contributed by atoms with E-state index in [0.29, 0.717) is 23.7 Å². The molecule has 1 aliphatic rings. The van der Waals surface area contributed by atoms with Crippen LogP contribution in [-0.2, 0) is 31.4 Å². The van der Waals surface area contributed by atoms with E-state index in [2.05, 4.69) is 24.0 Å². The quantitative estimate of drug-likeness (QED) is 0.363. The van der Waals surface area contributed by atoms with E-state index in [1.807, 2.05) is 27.0 Å². The van der Waals surface area contributed by atoms with Crippen LogP contribution in [0.25, 0.3) is 11.2 Å². The highest BCUT2D eigenvalue weighted by Crippen LogP contribution is 2.31. The molecule has 0 atom stereocenters. The molecule has 3 aromatic rings. The minimum atomic E-state index is -0.625. The summed E-state index contributed by atoms with van der Waals surface area (Å²) in [4.78, 5) is 44.0. The van der Waals surface area contributed by atoms with Gasteiger partial charge in [0, 0.05) is 25.8 Å². The molecule has 2 aromatic heterocycles. The number of anilines is 2. The number of nitrogens with two attached hydrogens (primary N) is 1. The Bertz CT molecular complexity index is 1200. The van der Waals surface area contributed by atoms with Crippen molar-refractivity contribution in [3.8, 4) is 0 Å². The second kappa shape index (κ2) is 7.21. The number of fused-ring (bicyclic) bond motifs is 3. The predicted octanol–water partition coefficient (Wildman–Crippen LogP) is -0.00920. The Hall–Kier alpha value is -3.40. The molecular weight excluding hydrogens is 374 g/mol. The van der Waals surface area contributed by atoms with E-state index < -0.39 is 23.7 Å². The van der Waals surface area contributed by atoms with Gasteiger partial charge in [-0.3, -0.25) is 19.6 Å². The molecule has 1 aliphatic heterocycles. The lowest BCUT2D eigenvalue weighted by molar-refractivity contribution is -0.121. The standard InChI is InChI=1S/C19H23N7O3/c1-3-12-5-7-13(8-6-12)24-9-4-10-25-15-16(21-18(24)25)23(2)19(29)26(17(15)28)11-14(27)22-20/h5-8H,3-4,9-11,20H2,1-2H3,(H,22,27). The lowest BCUT2D eigenvalue weighted by atomic mass is 10.1. The van der Waals surface area contributed by atoms with Crippen LogP contribution in [0.15, 0.2) is 33.9 Å². The van der Waals surface area contributed by atoms with Gasteiger partial charge in [0.25, 0.3) is 11.5 Å². The highest BCUT2D eigenvalue weighted by atomic mass is 16.2.